The van der Waals surface area contributed by atoms with Crippen molar-refractivity contribution in [3.63, 3.8) is 0 Å². The summed E-state index contributed by atoms with van der Waals surface area (Å²) in [6.45, 7) is 3.53. The monoisotopic (exact) mass is 474 g/mol. The van der Waals surface area contributed by atoms with E-state index in [9.17, 15) is 9.18 Å². The molecule has 1 saturated carbocycles. The molecule has 8 heteroatoms. The highest BCUT2D eigenvalue weighted by Gasteiger charge is 2.25. The van der Waals surface area contributed by atoms with E-state index in [1.807, 2.05) is 0 Å². The predicted molar refractivity (Wildman–Crippen MR) is 122 cm³/mol. The number of benzene rings is 1. The van der Waals surface area contributed by atoms with Crippen LogP contribution in [-0.2, 0) is 9.53 Å². The number of hydrogen-bond acceptors (Lipinski definition) is 4. The molecule has 1 aliphatic heterocycles. The average Bonchev–Trinajstić information content (AvgIpc) is 2.75. The third kappa shape index (κ3) is 7.77. The summed E-state index contributed by atoms with van der Waals surface area (Å²) >= 11 is 12.2. The third-order valence-electron chi connectivity index (χ3n) is 6.38. The van der Waals surface area contributed by atoms with Gasteiger partial charge in [0.25, 0.3) is 0 Å². The number of nitrogens with zero attached hydrogens (tertiary/aromatic N) is 1. The van der Waals surface area contributed by atoms with E-state index in [2.05, 4.69) is 10.2 Å². The number of methoxy groups -OCH3 is 1. The van der Waals surface area contributed by atoms with Crippen molar-refractivity contribution in [3.05, 3.63) is 28.0 Å². The van der Waals surface area contributed by atoms with E-state index in [4.69, 9.17) is 32.7 Å². The highest BCUT2D eigenvalue weighted by molar-refractivity contribution is 6.37. The van der Waals surface area contributed by atoms with Crippen LogP contribution in [0.3, 0.4) is 0 Å². The predicted octanol–water partition coefficient (Wildman–Crippen LogP) is 5.08. The summed E-state index contributed by atoms with van der Waals surface area (Å²) < 4.78 is 24.3. The molecule has 1 heterocycles. The van der Waals surface area contributed by atoms with Gasteiger partial charge in [0.1, 0.15) is 11.9 Å². The zero-order valence-corrected chi connectivity index (χ0v) is 19.7. The Bertz CT molecular complexity index is 698. The lowest BCUT2D eigenvalue weighted by Crippen LogP contribution is -2.40. The molecule has 1 aromatic rings. The first-order valence-electron chi connectivity index (χ1n) is 11.3. The van der Waals surface area contributed by atoms with Gasteiger partial charge in [-0.3, -0.25) is 4.79 Å². The molecule has 1 aliphatic carbocycles. The molecule has 2 aliphatic rings. The van der Waals surface area contributed by atoms with Gasteiger partial charge in [-0.2, -0.15) is 0 Å². The zero-order valence-electron chi connectivity index (χ0n) is 18.2. The number of likely N-dealkylation sites (tertiary alicyclic amines) is 1. The molecule has 0 spiro atoms. The number of ether oxygens (including phenoxy) is 2. The first kappa shape index (κ1) is 24.6. The Morgan fingerprint density at radius 2 is 1.77 bits per heavy atom. The molecular formula is C23H33Cl2FN2O3. The standard InChI is InChI=1S/C23H33Cl2FN2O3/c1-30-13-9-22(29)27-18-4-2-16(3-5-18)6-10-28-11-7-19(8-12-28)31-23-20(24)14-17(26)15-21(23)25/h14-16,18-19H,2-13H2,1H3,(H,27,29)/t16-,18-. The zero-order chi connectivity index (χ0) is 22.2. The Balaban J connectivity index is 1.32. The van der Waals surface area contributed by atoms with Crippen molar-refractivity contribution in [1.82, 2.24) is 10.2 Å². The normalized spacial score (nSPS) is 23.0. The Morgan fingerprint density at radius 1 is 1.13 bits per heavy atom. The lowest BCUT2D eigenvalue weighted by molar-refractivity contribution is -0.122. The van der Waals surface area contributed by atoms with Gasteiger partial charge in [-0.25, -0.2) is 4.39 Å². The molecule has 2 fully saturated rings. The maximum Gasteiger partial charge on any atom is 0.222 e. The molecule has 3 rings (SSSR count). The number of carbonyl (C=O) groups excluding carboxylic acids is 1. The van der Waals surface area contributed by atoms with Gasteiger partial charge in [0, 0.05) is 32.7 Å². The fourth-order valence-corrected chi connectivity index (χ4v) is 5.06. The number of nitrogens with one attached hydrogen (secondary N) is 1. The minimum atomic E-state index is -0.459. The van der Waals surface area contributed by atoms with Gasteiger partial charge in [0.05, 0.1) is 16.7 Å². The van der Waals surface area contributed by atoms with E-state index in [-0.39, 0.29) is 22.1 Å². The van der Waals surface area contributed by atoms with Crippen molar-refractivity contribution >= 4 is 29.1 Å². The first-order chi connectivity index (χ1) is 14.9. The van der Waals surface area contributed by atoms with Gasteiger partial charge in [-0.1, -0.05) is 23.2 Å². The van der Waals surface area contributed by atoms with Gasteiger partial charge in [-0.05, 0) is 69.5 Å². The summed E-state index contributed by atoms with van der Waals surface area (Å²) in [6, 6.07) is 2.79. The summed E-state index contributed by atoms with van der Waals surface area (Å²) in [5.41, 5.74) is 0. The Labute approximate surface area is 194 Å². The Morgan fingerprint density at radius 3 is 2.39 bits per heavy atom. The molecule has 0 atom stereocenters. The summed E-state index contributed by atoms with van der Waals surface area (Å²) in [5.74, 6) is 0.755. The van der Waals surface area contributed by atoms with Crippen LogP contribution in [-0.4, -0.2) is 56.3 Å². The fraction of sp³-hybridized carbons (Fsp3) is 0.696. The van der Waals surface area contributed by atoms with E-state index >= 15 is 0 Å². The minimum Gasteiger partial charge on any atom is -0.487 e. The third-order valence-corrected chi connectivity index (χ3v) is 6.94. The fourth-order valence-electron chi connectivity index (χ4n) is 4.51. The van der Waals surface area contributed by atoms with Gasteiger partial charge < -0.3 is 19.7 Å². The van der Waals surface area contributed by atoms with Crippen LogP contribution in [0.5, 0.6) is 5.75 Å². The Kier molecular flexibility index (Phi) is 9.70. The number of halogens is 3. The molecule has 1 N–H and O–H groups in total. The van der Waals surface area contributed by atoms with Crippen molar-refractivity contribution in [2.75, 3.05) is 33.4 Å². The summed E-state index contributed by atoms with van der Waals surface area (Å²) in [5, 5.41) is 3.57. The first-order valence-corrected chi connectivity index (χ1v) is 12.0. The van der Waals surface area contributed by atoms with Crippen molar-refractivity contribution in [2.24, 2.45) is 5.92 Å². The number of piperidine rings is 1. The van der Waals surface area contributed by atoms with Gasteiger partial charge in [0.2, 0.25) is 5.91 Å². The minimum absolute atomic E-state index is 0.0499. The molecule has 31 heavy (non-hydrogen) atoms. The number of amides is 1. The second-order valence-electron chi connectivity index (χ2n) is 8.67. The van der Waals surface area contributed by atoms with Crippen molar-refractivity contribution in [3.8, 4) is 5.75 Å². The summed E-state index contributed by atoms with van der Waals surface area (Å²) in [7, 11) is 1.62. The number of carbonyl (C=O) groups is 1. The lowest BCUT2D eigenvalue weighted by Gasteiger charge is -2.34. The van der Waals surface area contributed by atoms with Crippen LogP contribution in [0.4, 0.5) is 4.39 Å². The number of hydrogen-bond donors (Lipinski definition) is 1. The van der Waals surface area contributed by atoms with Gasteiger partial charge in [-0.15, -0.1) is 0 Å². The molecule has 1 amide bonds. The second-order valence-corrected chi connectivity index (χ2v) is 9.49. The van der Waals surface area contributed by atoms with Crippen LogP contribution in [0.15, 0.2) is 12.1 Å². The highest BCUT2D eigenvalue weighted by Crippen LogP contribution is 2.35. The van der Waals surface area contributed by atoms with Crippen molar-refractivity contribution in [1.29, 1.82) is 0 Å². The van der Waals surface area contributed by atoms with Crippen molar-refractivity contribution in [2.45, 2.75) is 63.5 Å². The summed E-state index contributed by atoms with van der Waals surface area (Å²) in [4.78, 5) is 14.3. The average molecular weight is 475 g/mol. The molecule has 1 aromatic carbocycles. The molecule has 0 bridgehead atoms. The lowest BCUT2D eigenvalue weighted by atomic mass is 9.84. The van der Waals surface area contributed by atoms with E-state index in [0.717, 1.165) is 51.2 Å². The van der Waals surface area contributed by atoms with E-state index in [0.29, 0.717) is 24.8 Å². The van der Waals surface area contributed by atoms with Crippen LogP contribution >= 0.6 is 23.2 Å². The van der Waals surface area contributed by atoms with Crippen LogP contribution < -0.4 is 10.1 Å². The number of rotatable bonds is 9. The van der Waals surface area contributed by atoms with Crippen LogP contribution in [0, 0.1) is 11.7 Å². The van der Waals surface area contributed by atoms with Crippen LogP contribution in [0.2, 0.25) is 10.0 Å². The Hall–Kier alpha value is -1.08. The van der Waals surface area contributed by atoms with Crippen LogP contribution in [0.1, 0.15) is 51.4 Å². The van der Waals surface area contributed by atoms with E-state index < -0.39 is 5.82 Å². The largest absolute Gasteiger partial charge is 0.487 e. The molecule has 1 saturated heterocycles. The van der Waals surface area contributed by atoms with E-state index in [1.54, 1.807) is 7.11 Å². The van der Waals surface area contributed by atoms with E-state index in [1.165, 1.54) is 31.4 Å². The SMILES string of the molecule is COCCC(=O)N[C@H]1CC[C@H](CCN2CCC(Oc3c(Cl)cc(F)cc3Cl)CC2)CC1. The second kappa shape index (κ2) is 12.2. The maximum atomic E-state index is 13.3. The molecule has 0 radical (unpaired) electrons. The molecular weight excluding hydrogens is 442 g/mol. The molecule has 174 valence electrons. The maximum absolute atomic E-state index is 13.3. The van der Waals surface area contributed by atoms with Crippen LogP contribution in [0.25, 0.3) is 0 Å². The molecule has 0 unspecified atom stereocenters. The topological polar surface area (TPSA) is 50.8 Å². The van der Waals surface area contributed by atoms with Crippen molar-refractivity contribution < 1.29 is 18.7 Å². The smallest absolute Gasteiger partial charge is 0.222 e. The summed E-state index contributed by atoms with van der Waals surface area (Å²) in [6.07, 6.45) is 7.99. The van der Waals surface area contributed by atoms with Gasteiger partial charge in [0.15, 0.2) is 5.75 Å². The quantitative estimate of drug-likeness (QED) is 0.542. The molecule has 5 nitrogen and oxygen atoms in total. The molecule has 0 aromatic heterocycles. The highest BCUT2D eigenvalue weighted by atomic mass is 35.5. The van der Waals surface area contributed by atoms with Gasteiger partial charge >= 0.3 is 0 Å².